The second-order valence-corrected chi connectivity index (χ2v) is 6.21. The number of unbranched alkanes of at least 4 members (excludes halogenated alkanes) is 4. The van der Waals surface area contributed by atoms with Gasteiger partial charge in [-0.2, -0.15) is 0 Å². The van der Waals surface area contributed by atoms with Crippen molar-refractivity contribution >= 4 is 0 Å². The van der Waals surface area contributed by atoms with Crippen LogP contribution in [0.15, 0.2) is 24.3 Å². The van der Waals surface area contributed by atoms with Crippen LogP contribution in [0.3, 0.4) is 0 Å². The molecule has 0 aromatic heterocycles. The highest BCUT2D eigenvalue weighted by molar-refractivity contribution is 5.24. The van der Waals surface area contributed by atoms with Gasteiger partial charge in [0.2, 0.25) is 0 Å². The fourth-order valence-corrected chi connectivity index (χ4v) is 2.64. The van der Waals surface area contributed by atoms with Crippen molar-refractivity contribution in [1.82, 2.24) is 0 Å². The molecule has 1 unspecified atom stereocenters. The van der Waals surface area contributed by atoms with Crippen molar-refractivity contribution in [3.05, 3.63) is 35.4 Å². The number of aliphatic hydroxyl groups is 3. The van der Waals surface area contributed by atoms with Gasteiger partial charge in [-0.1, -0.05) is 70.2 Å². The van der Waals surface area contributed by atoms with Gasteiger partial charge in [-0.05, 0) is 24.0 Å². The van der Waals surface area contributed by atoms with Gasteiger partial charge in [-0.3, -0.25) is 0 Å². The van der Waals surface area contributed by atoms with Crippen molar-refractivity contribution in [2.45, 2.75) is 83.5 Å². The SMILES string of the molecule is CCCCCCC[C@@H](O)[C@H](O)Cc1ccc(C(O)CC)cc1. The molecule has 0 spiro atoms. The molecule has 0 amide bonds. The van der Waals surface area contributed by atoms with Crippen LogP contribution in [0, 0.1) is 0 Å². The van der Waals surface area contributed by atoms with E-state index in [9.17, 15) is 15.3 Å². The molecular weight excluding hydrogens is 276 g/mol. The van der Waals surface area contributed by atoms with Gasteiger partial charge in [0, 0.05) is 6.42 Å². The highest BCUT2D eigenvalue weighted by Gasteiger charge is 2.16. The van der Waals surface area contributed by atoms with E-state index in [0.29, 0.717) is 19.3 Å². The Bertz CT molecular complexity index is 388. The number of rotatable bonds is 11. The van der Waals surface area contributed by atoms with Gasteiger partial charge in [0.15, 0.2) is 0 Å². The molecule has 0 saturated carbocycles. The Morgan fingerprint density at radius 2 is 1.45 bits per heavy atom. The van der Waals surface area contributed by atoms with E-state index in [0.717, 1.165) is 24.0 Å². The first-order valence-electron chi connectivity index (χ1n) is 8.71. The second-order valence-electron chi connectivity index (χ2n) is 6.21. The zero-order valence-electron chi connectivity index (χ0n) is 14.0. The molecule has 0 bridgehead atoms. The Labute approximate surface area is 135 Å². The molecule has 0 saturated heterocycles. The molecule has 0 aliphatic heterocycles. The third-order valence-corrected chi connectivity index (χ3v) is 4.24. The van der Waals surface area contributed by atoms with Crippen LogP contribution in [0.4, 0.5) is 0 Å². The molecule has 0 radical (unpaired) electrons. The van der Waals surface area contributed by atoms with E-state index >= 15 is 0 Å². The molecule has 3 heteroatoms. The second kappa shape index (κ2) is 10.8. The molecule has 3 nitrogen and oxygen atoms in total. The van der Waals surface area contributed by atoms with Crippen molar-refractivity contribution in [2.75, 3.05) is 0 Å². The summed E-state index contributed by atoms with van der Waals surface area (Å²) in [6.45, 7) is 4.13. The monoisotopic (exact) mass is 308 g/mol. The molecular formula is C19H32O3. The van der Waals surface area contributed by atoms with E-state index in [1.807, 2.05) is 31.2 Å². The van der Waals surface area contributed by atoms with Crippen molar-refractivity contribution in [2.24, 2.45) is 0 Å². The molecule has 0 aliphatic rings. The summed E-state index contributed by atoms with van der Waals surface area (Å²) in [4.78, 5) is 0. The molecule has 0 fully saturated rings. The van der Waals surface area contributed by atoms with Gasteiger partial charge in [-0.25, -0.2) is 0 Å². The molecule has 1 aromatic carbocycles. The van der Waals surface area contributed by atoms with Crippen LogP contribution in [0.5, 0.6) is 0 Å². The molecule has 0 heterocycles. The van der Waals surface area contributed by atoms with Gasteiger partial charge in [0.05, 0.1) is 18.3 Å². The van der Waals surface area contributed by atoms with Crippen molar-refractivity contribution < 1.29 is 15.3 Å². The summed E-state index contributed by atoms with van der Waals surface area (Å²) >= 11 is 0. The fourth-order valence-electron chi connectivity index (χ4n) is 2.64. The molecule has 22 heavy (non-hydrogen) atoms. The van der Waals surface area contributed by atoms with E-state index in [-0.39, 0.29) is 0 Å². The summed E-state index contributed by atoms with van der Waals surface area (Å²) < 4.78 is 0. The molecule has 1 rings (SSSR count). The Kier molecular flexibility index (Phi) is 9.37. The molecule has 126 valence electrons. The Hall–Kier alpha value is -0.900. The predicted octanol–water partition coefficient (Wildman–Crippen LogP) is 3.75. The minimum atomic E-state index is -0.715. The summed E-state index contributed by atoms with van der Waals surface area (Å²) in [5.74, 6) is 0. The molecule has 1 aromatic rings. The number of benzene rings is 1. The zero-order valence-corrected chi connectivity index (χ0v) is 14.0. The van der Waals surface area contributed by atoms with E-state index in [2.05, 4.69) is 6.92 Å². The molecule has 0 aliphatic carbocycles. The van der Waals surface area contributed by atoms with Gasteiger partial charge >= 0.3 is 0 Å². The summed E-state index contributed by atoms with van der Waals surface area (Å²) in [5.41, 5.74) is 1.89. The minimum absolute atomic E-state index is 0.423. The fraction of sp³-hybridized carbons (Fsp3) is 0.684. The topological polar surface area (TPSA) is 60.7 Å². The summed E-state index contributed by atoms with van der Waals surface area (Å²) in [6, 6.07) is 7.64. The average molecular weight is 308 g/mol. The van der Waals surface area contributed by atoms with Crippen LogP contribution in [0.2, 0.25) is 0 Å². The molecule has 3 N–H and O–H groups in total. The maximum absolute atomic E-state index is 10.1. The minimum Gasteiger partial charge on any atom is -0.390 e. The standard InChI is InChI=1S/C19H32O3/c1-3-5-6-7-8-9-18(21)19(22)14-15-10-12-16(13-11-15)17(20)4-2/h10-13,17-22H,3-9,14H2,1-2H3/t17?,18-,19-/m1/s1. The quantitative estimate of drug-likeness (QED) is 0.546. The van der Waals surface area contributed by atoms with Crippen LogP contribution < -0.4 is 0 Å². The van der Waals surface area contributed by atoms with Crippen LogP contribution >= 0.6 is 0 Å². The Morgan fingerprint density at radius 1 is 0.818 bits per heavy atom. The zero-order chi connectivity index (χ0) is 16.4. The van der Waals surface area contributed by atoms with Crippen LogP contribution in [-0.4, -0.2) is 27.5 Å². The van der Waals surface area contributed by atoms with Crippen molar-refractivity contribution in [3.63, 3.8) is 0 Å². The van der Waals surface area contributed by atoms with E-state index < -0.39 is 18.3 Å². The lowest BCUT2D eigenvalue weighted by molar-refractivity contribution is 0.0137. The Morgan fingerprint density at radius 3 is 2.05 bits per heavy atom. The highest BCUT2D eigenvalue weighted by atomic mass is 16.3. The van der Waals surface area contributed by atoms with E-state index in [1.54, 1.807) is 0 Å². The predicted molar refractivity (Wildman–Crippen MR) is 90.8 cm³/mol. The van der Waals surface area contributed by atoms with Crippen LogP contribution in [0.1, 0.15) is 76.0 Å². The van der Waals surface area contributed by atoms with Crippen molar-refractivity contribution in [3.8, 4) is 0 Å². The maximum atomic E-state index is 10.1. The first-order valence-corrected chi connectivity index (χ1v) is 8.71. The smallest absolute Gasteiger partial charge is 0.0839 e. The average Bonchev–Trinajstić information content (AvgIpc) is 2.54. The summed E-state index contributed by atoms with van der Waals surface area (Å²) in [6.07, 6.45) is 5.79. The number of aliphatic hydroxyl groups excluding tert-OH is 3. The molecule has 3 atom stereocenters. The maximum Gasteiger partial charge on any atom is 0.0839 e. The normalized spacial score (nSPS) is 15.5. The van der Waals surface area contributed by atoms with E-state index in [1.165, 1.54) is 19.3 Å². The van der Waals surface area contributed by atoms with Gasteiger partial charge in [0.25, 0.3) is 0 Å². The lowest BCUT2D eigenvalue weighted by Crippen LogP contribution is -2.27. The van der Waals surface area contributed by atoms with Crippen molar-refractivity contribution in [1.29, 1.82) is 0 Å². The third kappa shape index (κ3) is 6.91. The summed E-state index contributed by atoms with van der Waals surface area (Å²) in [5, 5.41) is 29.9. The number of hydrogen-bond acceptors (Lipinski definition) is 3. The lowest BCUT2D eigenvalue weighted by Gasteiger charge is -2.18. The van der Waals surface area contributed by atoms with Gasteiger partial charge in [-0.15, -0.1) is 0 Å². The highest BCUT2D eigenvalue weighted by Crippen LogP contribution is 2.18. The largest absolute Gasteiger partial charge is 0.390 e. The summed E-state index contributed by atoms with van der Waals surface area (Å²) in [7, 11) is 0. The number of hydrogen-bond donors (Lipinski definition) is 3. The first-order chi connectivity index (χ1) is 10.6. The Balaban J connectivity index is 2.35. The first kappa shape index (κ1) is 19.1. The van der Waals surface area contributed by atoms with E-state index in [4.69, 9.17) is 0 Å². The van der Waals surface area contributed by atoms with Crippen LogP contribution in [0.25, 0.3) is 0 Å². The third-order valence-electron chi connectivity index (χ3n) is 4.24. The van der Waals surface area contributed by atoms with Gasteiger partial charge < -0.3 is 15.3 Å². The lowest BCUT2D eigenvalue weighted by atomic mass is 9.97. The van der Waals surface area contributed by atoms with Crippen LogP contribution in [-0.2, 0) is 6.42 Å². The van der Waals surface area contributed by atoms with Gasteiger partial charge in [0.1, 0.15) is 0 Å².